The van der Waals surface area contributed by atoms with Crippen molar-refractivity contribution in [3.63, 3.8) is 0 Å². The second kappa shape index (κ2) is 8.23. The summed E-state index contributed by atoms with van der Waals surface area (Å²) in [6.45, 7) is -0.188. The fraction of sp³-hybridized carbons (Fsp3) is 0.846. The normalized spacial score (nSPS) is 35.1. The smallest absolute Gasteiger partial charge is 0.373 e. The van der Waals surface area contributed by atoms with Gasteiger partial charge in [0.15, 0.2) is 0 Å². The molecule has 0 spiro atoms. The first kappa shape index (κ1) is 20.8. The second-order valence-corrected chi connectivity index (χ2v) is 5.51. The van der Waals surface area contributed by atoms with E-state index < -0.39 is 67.3 Å². The van der Waals surface area contributed by atoms with Crippen LogP contribution >= 0.6 is 0 Å². The molecule has 7 unspecified atom stereocenters. The summed E-state index contributed by atoms with van der Waals surface area (Å²) in [4.78, 5) is 11.0. The van der Waals surface area contributed by atoms with E-state index in [2.05, 4.69) is 10.1 Å². The number of aliphatic carboxylic acids is 1. The fourth-order valence-corrected chi connectivity index (χ4v) is 2.37. The number of methoxy groups -OCH3 is 1. The van der Waals surface area contributed by atoms with E-state index in [-0.39, 0.29) is 0 Å². The van der Waals surface area contributed by atoms with Gasteiger partial charge in [-0.3, -0.25) is 5.32 Å². The van der Waals surface area contributed by atoms with E-state index in [0.717, 1.165) is 0 Å². The topological polar surface area (TPSA) is 152 Å². The number of ether oxygens (including phenoxy) is 2. The second-order valence-electron chi connectivity index (χ2n) is 5.51. The van der Waals surface area contributed by atoms with E-state index in [1.807, 2.05) is 0 Å². The first-order valence-electron chi connectivity index (χ1n) is 7.14. The molecule has 7 atom stereocenters. The fourth-order valence-electron chi connectivity index (χ4n) is 2.37. The molecule has 0 aromatic heterocycles. The number of hydrogen-bond acceptors (Lipinski definition) is 8. The van der Waals surface area contributed by atoms with E-state index in [0.29, 0.717) is 0 Å². The van der Waals surface area contributed by atoms with Gasteiger partial charge < -0.3 is 35.3 Å². The average Bonchev–Trinajstić information content (AvgIpc) is 2.65. The number of halogens is 2. The molecular formula is C13H22F2N2O7. The van der Waals surface area contributed by atoms with Gasteiger partial charge in [0.05, 0.1) is 31.1 Å². The standard InChI is InChI=1S/C13H22F2N2O7/c1-5(23-2)17-9-6(10(20)7(19)3-18)4-24-13(15,12(21)22)11(14)8(9)16/h5-7,9-11,16-20H,3-4H2,1-2H3,(H,21,22). The van der Waals surface area contributed by atoms with E-state index in [4.69, 9.17) is 20.4 Å². The minimum absolute atomic E-state index is 0.763. The van der Waals surface area contributed by atoms with E-state index in [1.165, 1.54) is 14.0 Å². The Morgan fingerprint density at radius 3 is 2.62 bits per heavy atom. The number of rotatable bonds is 7. The summed E-state index contributed by atoms with van der Waals surface area (Å²) in [5.74, 6) is -7.37. The highest BCUT2D eigenvalue weighted by Gasteiger charge is 2.57. The lowest BCUT2D eigenvalue weighted by Crippen LogP contribution is -2.56. The molecule has 0 aliphatic carbocycles. The van der Waals surface area contributed by atoms with Crippen LogP contribution in [0.25, 0.3) is 0 Å². The maximum atomic E-state index is 14.3. The Morgan fingerprint density at radius 2 is 2.17 bits per heavy atom. The van der Waals surface area contributed by atoms with Crippen molar-refractivity contribution in [1.29, 1.82) is 5.41 Å². The van der Waals surface area contributed by atoms with Gasteiger partial charge in [-0.15, -0.1) is 0 Å². The summed E-state index contributed by atoms with van der Waals surface area (Å²) in [6.07, 6.45) is -7.12. The zero-order valence-electron chi connectivity index (χ0n) is 13.1. The summed E-state index contributed by atoms with van der Waals surface area (Å²) in [5, 5.41) is 47.9. The van der Waals surface area contributed by atoms with Gasteiger partial charge in [0.2, 0.25) is 6.17 Å². The Labute approximate surface area is 136 Å². The molecule has 1 aliphatic rings. The van der Waals surface area contributed by atoms with Gasteiger partial charge in [-0.25, -0.2) is 9.18 Å². The van der Waals surface area contributed by atoms with Crippen molar-refractivity contribution in [2.24, 2.45) is 5.92 Å². The Hall–Kier alpha value is -1.24. The van der Waals surface area contributed by atoms with Crippen molar-refractivity contribution in [2.45, 2.75) is 43.4 Å². The molecule has 0 amide bonds. The largest absolute Gasteiger partial charge is 0.477 e. The van der Waals surface area contributed by atoms with Crippen LogP contribution in [0.3, 0.4) is 0 Å². The first-order valence-corrected chi connectivity index (χ1v) is 7.14. The minimum atomic E-state index is -3.80. The number of carboxylic acid groups (broad SMARTS) is 1. The van der Waals surface area contributed by atoms with Crippen molar-refractivity contribution < 1.29 is 43.5 Å². The Morgan fingerprint density at radius 1 is 1.58 bits per heavy atom. The summed E-state index contributed by atoms with van der Waals surface area (Å²) >= 11 is 0. The molecule has 0 aromatic carbocycles. The van der Waals surface area contributed by atoms with Crippen LogP contribution in [0.15, 0.2) is 0 Å². The van der Waals surface area contributed by atoms with Gasteiger partial charge in [0, 0.05) is 13.0 Å². The Bertz CT molecular complexity index is 470. The lowest BCUT2D eigenvalue weighted by atomic mass is 9.86. The van der Waals surface area contributed by atoms with Crippen molar-refractivity contribution in [3.8, 4) is 0 Å². The average molecular weight is 356 g/mol. The number of carboxylic acids is 1. The minimum Gasteiger partial charge on any atom is -0.477 e. The molecule has 140 valence electrons. The maximum absolute atomic E-state index is 14.3. The number of carbonyl (C=O) groups is 1. The number of aliphatic hydroxyl groups is 3. The third kappa shape index (κ3) is 4.05. The maximum Gasteiger partial charge on any atom is 0.373 e. The van der Waals surface area contributed by atoms with Crippen molar-refractivity contribution >= 4 is 11.7 Å². The van der Waals surface area contributed by atoms with E-state index in [9.17, 15) is 23.8 Å². The summed E-state index contributed by atoms with van der Waals surface area (Å²) < 4.78 is 38.0. The van der Waals surface area contributed by atoms with Gasteiger partial charge in [0.25, 0.3) is 0 Å². The van der Waals surface area contributed by atoms with Crippen molar-refractivity contribution in [2.75, 3.05) is 20.3 Å². The van der Waals surface area contributed by atoms with Crippen LogP contribution in [0, 0.1) is 11.3 Å². The molecule has 1 aliphatic heterocycles. The third-order valence-corrected chi connectivity index (χ3v) is 3.93. The Balaban J connectivity index is 3.23. The summed E-state index contributed by atoms with van der Waals surface area (Å²) in [7, 11) is 1.30. The third-order valence-electron chi connectivity index (χ3n) is 3.93. The van der Waals surface area contributed by atoms with Gasteiger partial charge in [0.1, 0.15) is 12.3 Å². The molecular weight excluding hydrogens is 334 g/mol. The lowest BCUT2D eigenvalue weighted by Gasteiger charge is -2.33. The highest BCUT2D eigenvalue weighted by molar-refractivity contribution is 5.97. The van der Waals surface area contributed by atoms with Gasteiger partial charge in [-0.1, -0.05) is 0 Å². The Kier molecular flexibility index (Phi) is 7.13. The van der Waals surface area contributed by atoms with Crippen molar-refractivity contribution in [1.82, 2.24) is 5.32 Å². The van der Waals surface area contributed by atoms with Crippen LogP contribution in [-0.2, 0) is 14.3 Å². The molecule has 0 radical (unpaired) electrons. The zero-order valence-corrected chi connectivity index (χ0v) is 13.1. The van der Waals surface area contributed by atoms with E-state index >= 15 is 0 Å². The van der Waals surface area contributed by atoms with Crippen LogP contribution in [-0.4, -0.2) is 88.9 Å². The monoisotopic (exact) mass is 356 g/mol. The molecule has 1 rings (SSSR count). The zero-order chi connectivity index (χ0) is 18.7. The molecule has 9 nitrogen and oxygen atoms in total. The van der Waals surface area contributed by atoms with Gasteiger partial charge in [-0.2, -0.15) is 4.39 Å². The van der Waals surface area contributed by atoms with Crippen LogP contribution in [0.2, 0.25) is 0 Å². The predicted molar refractivity (Wildman–Crippen MR) is 76.0 cm³/mol. The SMILES string of the molecule is COC(C)NC1C(=N)C(F)C(F)(C(=O)O)OCC1C(O)C(O)CO. The predicted octanol–water partition coefficient (Wildman–Crippen LogP) is -1.59. The highest BCUT2D eigenvalue weighted by Crippen LogP contribution is 2.32. The highest BCUT2D eigenvalue weighted by atomic mass is 19.2. The molecule has 0 bridgehead atoms. The molecule has 24 heavy (non-hydrogen) atoms. The lowest BCUT2D eigenvalue weighted by molar-refractivity contribution is -0.210. The van der Waals surface area contributed by atoms with Gasteiger partial charge >= 0.3 is 11.8 Å². The van der Waals surface area contributed by atoms with Crippen LogP contribution in [0.5, 0.6) is 0 Å². The molecule has 1 saturated heterocycles. The first-order chi connectivity index (χ1) is 11.1. The number of aliphatic hydroxyl groups excluding tert-OH is 3. The molecule has 0 saturated carbocycles. The number of hydrogen-bond donors (Lipinski definition) is 6. The molecule has 0 aromatic rings. The molecule has 11 heteroatoms. The van der Waals surface area contributed by atoms with E-state index in [1.54, 1.807) is 0 Å². The van der Waals surface area contributed by atoms with Crippen LogP contribution in [0.4, 0.5) is 8.78 Å². The number of nitrogens with one attached hydrogen (secondary N) is 2. The summed E-state index contributed by atoms with van der Waals surface area (Å²) in [5.41, 5.74) is -1.02. The molecule has 1 heterocycles. The van der Waals surface area contributed by atoms with Gasteiger partial charge in [-0.05, 0) is 6.92 Å². The van der Waals surface area contributed by atoms with Crippen LogP contribution in [0.1, 0.15) is 6.92 Å². The quantitative estimate of drug-likeness (QED) is 0.299. The molecule has 6 N–H and O–H groups in total. The van der Waals surface area contributed by atoms with Crippen LogP contribution < -0.4 is 5.32 Å². The number of alkyl halides is 2. The van der Waals surface area contributed by atoms with Crippen molar-refractivity contribution in [3.05, 3.63) is 0 Å². The molecule has 1 fully saturated rings. The summed E-state index contributed by atoms with van der Waals surface area (Å²) in [6, 6.07) is -1.40.